The van der Waals surface area contributed by atoms with Crippen LogP contribution in [0.2, 0.25) is 0 Å². The first kappa shape index (κ1) is 19.2. The molecule has 2 nitrogen and oxygen atoms in total. The van der Waals surface area contributed by atoms with Crippen molar-refractivity contribution in [3.8, 4) is 0 Å². The van der Waals surface area contributed by atoms with Gasteiger partial charge in [0.1, 0.15) is 0 Å². The van der Waals surface area contributed by atoms with Gasteiger partial charge in [-0.2, -0.15) is 0 Å². The molecule has 3 aromatic carbocycles. The minimum absolute atomic E-state index is 0.152. The summed E-state index contributed by atoms with van der Waals surface area (Å²) in [6, 6.07) is 31.8. The summed E-state index contributed by atoms with van der Waals surface area (Å²) in [5.74, 6) is 0.702. The fourth-order valence-electron chi connectivity index (χ4n) is 3.31. The van der Waals surface area contributed by atoms with Gasteiger partial charge in [0.2, 0.25) is 0 Å². The summed E-state index contributed by atoms with van der Waals surface area (Å²) < 4.78 is 4.47. The molecule has 3 aromatic rings. The SMILES string of the molecule is COC(=O)CCCSC(c1ccccc1)(c1ccccc1)c1ccccc1. The molecular weight excluding hydrogens is 352 g/mol. The minimum Gasteiger partial charge on any atom is -0.469 e. The topological polar surface area (TPSA) is 26.3 Å². The Hall–Kier alpha value is -2.52. The van der Waals surface area contributed by atoms with Crippen molar-refractivity contribution in [1.82, 2.24) is 0 Å². The average Bonchev–Trinajstić information content (AvgIpc) is 2.75. The van der Waals surface area contributed by atoms with Crippen molar-refractivity contribution in [2.24, 2.45) is 0 Å². The first-order chi connectivity index (χ1) is 13.3. The van der Waals surface area contributed by atoms with Gasteiger partial charge in [0.25, 0.3) is 0 Å². The highest BCUT2D eigenvalue weighted by Crippen LogP contribution is 2.48. The molecule has 0 N–H and O–H groups in total. The zero-order chi connectivity index (χ0) is 19.0. The second-order valence-electron chi connectivity index (χ2n) is 6.31. The van der Waals surface area contributed by atoms with Gasteiger partial charge in [-0.15, -0.1) is 11.8 Å². The molecule has 0 aliphatic heterocycles. The number of rotatable bonds is 8. The number of methoxy groups -OCH3 is 1. The molecule has 0 aliphatic carbocycles. The molecule has 0 bridgehead atoms. The molecule has 0 atom stereocenters. The van der Waals surface area contributed by atoms with E-state index < -0.39 is 0 Å². The van der Waals surface area contributed by atoms with Gasteiger partial charge in [-0.25, -0.2) is 0 Å². The predicted octanol–water partition coefficient (Wildman–Crippen LogP) is 5.66. The summed E-state index contributed by atoms with van der Waals surface area (Å²) in [4.78, 5) is 11.5. The fourth-order valence-corrected chi connectivity index (χ4v) is 4.82. The van der Waals surface area contributed by atoms with E-state index in [1.165, 1.54) is 23.8 Å². The van der Waals surface area contributed by atoms with E-state index >= 15 is 0 Å². The lowest BCUT2D eigenvalue weighted by Gasteiger charge is -2.35. The van der Waals surface area contributed by atoms with Crippen LogP contribution in [-0.4, -0.2) is 18.8 Å². The molecule has 3 rings (SSSR count). The Morgan fingerprint density at radius 2 is 1.19 bits per heavy atom. The Kier molecular flexibility index (Phi) is 6.72. The molecule has 0 unspecified atom stereocenters. The Balaban J connectivity index is 2.04. The Morgan fingerprint density at radius 3 is 1.56 bits per heavy atom. The smallest absolute Gasteiger partial charge is 0.305 e. The standard InChI is InChI=1S/C24H24O2S/c1-26-23(25)18-11-19-27-24(20-12-5-2-6-13-20,21-14-7-3-8-15-21)22-16-9-4-10-17-22/h2-10,12-17H,11,18-19H2,1H3. The number of ether oxygens (including phenoxy) is 1. The Bertz CT molecular complexity index is 735. The molecule has 0 saturated carbocycles. The zero-order valence-electron chi connectivity index (χ0n) is 15.5. The summed E-state index contributed by atoms with van der Waals surface area (Å²) in [7, 11) is 1.44. The Morgan fingerprint density at radius 1 is 0.778 bits per heavy atom. The molecule has 0 fully saturated rings. The molecule has 0 spiro atoms. The number of carbonyl (C=O) groups excluding carboxylic acids is 1. The quantitative estimate of drug-likeness (QED) is 0.288. The van der Waals surface area contributed by atoms with Gasteiger partial charge in [0.05, 0.1) is 11.9 Å². The molecule has 27 heavy (non-hydrogen) atoms. The summed E-state index contributed by atoms with van der Waals surface area (Å²) in [5.41, 5.74) is 3.72. The lowest BCUT2D eigenvalue weighted by molar-refractivity contribution is -0.140. The summed E-state index contributed by atoms with van der Waals surface area (Å²) in [6.07, 6.45) is 1.23. The summed E-state index contributed by atoms with van der Waals surface area (Å²) >= 11 is 1.87. The summed E-state index contributed by atoms with van der Waals surface area (Å²) in [5, 5.41) is 0. The second-order valence-corrected chi connectivity index (χ2v) is 7.62. The maximum atomic E-state index is 11.5. The third-order valence-corrected chi connectivity index (χ3v) is 6.25. The van der Waals surface area contributed by atoms with E-state index in [9.17, 15) is 4.79 Å². The molecule has 0 aromatic heterocycles. The number of esters is 1. The lowest BCUT2D eigenvalue weighted by Crippen LogP contribution is -2.26. The highest BCUT2D eigenvalue weighted by atomic mass is 32.2. The molecule has 138 valence electrons. The number of hydrogen-bond acceptors (Lipinski definition) is 3. The van der Waals surface area contributed by atoms with Crippen molar-refractivity contribution in [2.45, 2.75) is 17.6 Å². The second kappa shape index (κ2) is 9.43. The van der Waals surface area contributed by atoms with Crippen LogP contribution >= 0.6 is 11.8 Å². The molecule has 0 saturated heterocycles. The van der Waals surface area contributed by atoms with E-state index in [0.717, 1.165) is 12.2 Å². The monoisotopic (exact) mass is 376 g/mol. The number of thioether (sulfide) groups is 1. The van der Waals surface area contributed by atoms with E-state index in [1.54, 1.807) is 0 Å². The molecule has 0 radical (unpaired) electrons. The molecule has 3 heteroatoms. The summed E-state index contributed by atoms with van der Waals surface area (Å²) in [6.45, 7) is 0. The van der Waals surface area contributed by atoms with Crippen LogP contribution in [0, 0.1) is 0 Å². The maximum absolute atomic E-state index is 11.5. The zero-order valence-corrected chi connectivity index (χ0v) is 16.3. The third-order valence-electron chi connectivity index (χ3n) is 4.61. The van der Waals surface area contributed by atoms with Crippen LogP contribution in [0.4, 0.5) is 0 Å². The average molecular weight is 377 g/mol. The fraction of sp³-hybridized carbons (Fsp3) is 0.208. The minimum atomic E-state index is -0.320. The first-order valence-corrected chi connectivity index (χ1v) is 10.1. The van der Waals surface area contributed by atoms with Gasteiger partial charge >= 0.3 is 5.97 Å². The van der Waals surface area contributed by atoms with Crippen molar-refractivity contribution >= 4 is 17.7 Å². The highest BCUT2D eigenvalue weighted by molar-refractivity contribution is 8.00. The van der Waals surface area contributed by atoms with Gasteiger partial charge < -0.3 is 4.74 Å². The number of hydrogen-bond donors (Lipinski definition) is 0. The number of carbonyl (C=O) groups is 1. The Labute approximate surface area is 165 Å². The third kappa shape index (κ3) is 4.42. The van der Waals surface area contributed by atoms with E-state index in [0.29, 0.717) is 6.42 Å². The van der Waals surface area contributed by atoms with E-state index in [-0.39, 0.29) is 10.7 Å². The van der Waals surface area contributed by atoms with Crippen LogP contribution in [0.25, 0.3) is 0 Å². The van der Waals surface area contributed by atoms with Crippen molar-refractivity contribution in [3.05, 3.63) is 108 Å². The van der Waals surface area contributed by atoms with E-state index in [4.69, 9.17) is 4.74 Å². The van der Waals surface area contributed by atoms with Crippen LogP contribution in [0.5, 0.6) is 0 Å². The van der Waals surface area contributed by atoms with Gasteiger partial charge in [0.15, 0.2) is 0 Å². The van der Waals surface area contributed by atoms with E-state index in [1.807, 2.05) is 30.0 Å². The van der Waals surface area contributed by atoms with Crippen LogP contribution < -0.4 is 0 Å². The lowest BCUT2D eigenvalue weighted by atomic mass is 9.84. The highest BCUT2D eigenvalue weighted by Gasteiger charge is 2.36. The van der Waals surface area contributed by atoms with Crippen molar-refractivity contribution in [2.75, 3.05) is 12.9 Å². The van der Waals surface area contributed by atoms with Crippen LogP contribution in [0.1, 0.15) is 29.5 Å². The van der Waals surface area contributed by atoms with Gasteiger partial charge in [0, 0.05) is 6.42 Å². The van der Waals surface area contributed by atoms with Crippen molar-refractivity contribution in [1.29, 1.82) is 0 Å². The molecule has 0 amide bonds. The maximum Gasteiger partial charge on any atom is 0.305 e. The normalized spacial score (nSPS) is 11.1. The van der Waals surface area contributed by atoms with Crippen LogP contribution in [0.3, 0.4) is 0 Å². The molecular formula is C24H24O2S. The van der Waals surface area contributed by atoms with Crippen LogP contribution in [-0.2, 0) is 14.3 Å². The predicted molar refractivity (Wildman–Crippen MR) is 113 cm³/mol. The largest absolute Gasteiger partial charge is 0.469 e. The molecule has 0 heterocycles. The first-order valence-electron chi connectivity index (χ1n) is 9.14. The van der Waals surface area contributed by atoms with Crippen molar-refractivity contribution in [3.63, 3.8) is 0 Å². The van der Waals surface area contributed by atoms with Gasteiger partial charge in [-0.05, 0) is 28.9 Å². The van der Waals surface area contributed by atoms with Crippen LogP contribution in [0.15, 0.2) is 91.0 Å². The van der Waals surface area contributed by atoms with Crippen molar-refractivity contribution < 1.29 is 9.53 Å². The number of benzene rings is 3. The van der Waals surface area contributed by atoms with Gasteiger partial charge in [-0.1, -0.05) is 91.0 Å². The molecule has 0 aliphatic rings. The van der Waals surface area contributed by atoms with Gasteiger partial charge in [-0.3, -0.25) is 4.79 Å². The van der Waals surface area contributed by atoms with E-state index in [2.05, 4.69) is 72.8 Å².